The average molecular weight is 303 g/mol. The second kappa shape index (κ2) is 8.87. The van der Waals surface area contributed by atoms with Gasteiger partial charge in [0.25, 0.3) is 0 Å². The molecule has 0 aromatic heterocycles. The molecule has 0 saturated carbocycles. The van der Waals surface area contributed by atoms with Crippen molar-refractivity contribution in [1.29, 1.82) is 0 Å². The second-order valence-corrected chi connectivity index (χ2v) is 6.09. The summed E-state index contributed by atoms with van der Waals surface area (Å²) in [6.45, 7) is 9.21. The standard InChI is InChI=1S/C15H29NO5/c1-6-8-15(11-17,12(18)20-7-2)9-10-16-13(19)21-14(3,4)5/h17H,6-11H2,1-5H3,(H,16,19)/t15-/m0/s1. The van der Waals surface area contributed by atoms with Gasteiger partial charge in [0.15, 0.2) is 0 Å². The van der Waals surface area contributed by atoms with Crippen LogP contribution in [0.2, 0.25) is 0 Å². The van der Waals surface area contributed by atoms with E-state index in [2.05, 4.69) is 5.32 Å². The summed E-state index contributed by atoms with van der Waals surface area (Å²) < 4.78 is 10.2. The Morgan fingerprint density at radius 1 is 1.14 bits per heavy atom. The lowest BCUT2D eigenvalue weighted by Gasteiger charge is -2.29. The van der Waals surface area contributed by atoms with Gasteiger partial charge in [0.2, 0.25) is 0 Å². The van der Waals surface area contributed by atoms with Crippen molar-refractivity contribution in [3.63, 3.8) is 0 Å². The topological polar surface area (TPSA) is 84.9 Å². The number of carbonyl (C=O) groups is 2. The monoisotopic (exact) mass is 303 g/mol. The van der Waals surface area contributed by atoms with Gasteiger partial charge >= 0.3 is 12.1 Å². The summed E-state index contributed by atoms with van der Waals surface area (Å²) in [5, 5.41) is 12.2. The molecular formula is C15H29NO5. The maximum Gasteiger partial charge on any atom is 0.407 e. The van der Waals surface area contributed by atoms with Gasteiger partial charge in [-0.05, 0) is 40.5 Å². The van der Waals surface area contributed by atoms with E-state index in [0.29, 0.717) is 12.8 Å². The SMILES string of the molecule is CCC[C@@](CO)(CCNC(=O)OC(C)(C)C)C(=O)OCC. The van der Waals surface area contributed by atoms with Crippen LogP contribution in [0.15, 0.2) is 0 Å². The summed E-state index contributed by atoms with van der Waals surface area (Å²) in [7, 11) is 0. The number of esters is 1. The molecule has 0 radical (unpaired) electrons. The third-order valence-corrected chi connectivity index (χ3v) is 3.01. The van der Waals surface area contributed by atoms with Crippen molar-refractivity contribution < 1.29 is 24.2 Å². The van der Waals surface area contributed by atoms with E-state index in [9.17, 15) is 14.7 Å². The van der Waals surface area contributed by atoms with Gasteiger partial charge in [-0.15, -0.1) is 0 Å². The minimum atomic E-state index is -0.959. The highest BCUT2D eigenvalue weighted by Crippen LogP contribution is 2.29. The Bertz CT molecular complexity index is 337. The molecule has 0 fully saturated rings. The smallest absolute Gasteiger partial charge is 0.407 e. The molecule has 6 nitrogen and oxygen atoms in total. The number of rotatable bonds is 8. The van der Waals surface area contributed by atoms with Crippen molar-refractivity contribution in [2.45, 2.75) is 59.5 Å². The molecule has 0 aliphatic rings. The van der Waals surface area contributed by atoms with Crippen LogP contribution in [0.1, 0.15) is 53.9 Å². The van der Waals surface area contributed by atoms with Crippen LogP contribution in [0.5, 0.6) is 0 Å². The number of amides is 1. The van der Waals surface area contributed by atoms with Gasteiger partial charge in [0.1, 0.15) is 5.60 Å². The fraction of sp³-hybridized carbons (Fsp3) is 0.867. The third-order valence-electron chi connectivity index (χ3n) is 3.01. The first-order valence-electron chi connectivity index (χ1n) is 7.45. The molecule has 1 atom stereocenters. The molecule has 0 aliphatic carbocycles. The zero-order valence-electron chi connectivity index (χ0n) is 13.8. The van der Waals surface area contributed by atoms with Crippen LogP contribution in [0.3, 0.4) is 0 Å². The normalized spacial score (nSPS) is 14.2. The van der Waals surface area contributed by atoms with Crippen LogP contribution in [0, 0.1) is 5.41 Å². The molecule has 0 heterocycles. The molecule has 0 spiro atoms. The Hall–Kier alpha value is -1.30. The summed E-state index contributed by atoms with van der Waals surface area (Å²) in [5.74, 6) is -0.416. The number of aliphatic hydroxyl groups excluding tert-OH is 1. The first-order chi connectivity index (χ1) is 9.70. The number of nitrogens with one attached hydrogen (secondary N) is 1. The molecule has 2 N–H and O–H groups in total. The van der Waals surface area contributed by atoms with E-state index in [1.807, 2.05) is 6.92 Å². The van der Waals surface area contributed by atoms with Gasteiger partial charge in [-0.1, -0.05) is 13.3 Å². The first-order valence-corrected chi connectivity index (χ1v) is 7.45. The van der Waals surface area contributed by atoms with E-state index < -0.39 is 23.1 Å². The predicted octanol–water partition coefficient (Wildman–Crippen LogP) is 2.24. The van der Waals surface area contributed by atoms with Crippen molar-refractivity contribution in [1.82, 2.24) is 5.32 Å². The van der Waals surface area contributed by atoms with Gasteiger partial charge < -0.3 is 19.9 Å². The van der Waals surface area contributed by atoms with E-state index in [-0.39, 0.29) is 19.8 Å². The van der Waals surface area contributed by atoms with Crippen LogP contribution in [0.25, 0.3) is 0 Å². The Balaban J connectivity index is 4.56. The molecule has 0 aromatic rings. The van der Waals surface area contributed by atoms with E-state index in [0.717, 1.165) is 6.42 Å². The minimum Gasteiger partial charge on any atom is -0.465 e. The Labute approximate surface area is 127 Å². The molecule has 1 amide bonds. The van der Waals surface area contributed by atoms with Crippen LogP contribution in [-0.2, 0) is 14.3 Å². The van der Waals surface area contributed by atoms with Crippen LogP contribution >= 0.6 is 0 Å². The molecule has 0 saturated heterocycles. The number of hydrogen-bond donors (Lipinski definition) is 2. The molecule has 0 unspecified atom stereocenters. The van der Waals surface area contributed by atoms with Crippen LogP contribution < -0.4 is 5.32 Å². The molecule has 6 heteroatoms. The summed E-state index contributed by atoms with van der Waals surface area (Å²) in [6.07, 6.45) is 1.04. The van der Waals surface area contributed by atoms with Crippen molar-refractivity contribution in [2.75, 3.05) is 19.8 Å². The highest BCUT2D eigenvalue weighted by atomic mass is 16.6. The van der Waals surface area contributed by atoms with Crippen molar-refractivity contribution in [3.05, 3.63) is 0 Å². The fourth-order valence-electron chi connectivity index (χ4n) is 2.03. The van der Waals surface area contributed by atoms with Crippen LogP contribution in [0.4, 0.5) is 4.79 Å². The number of alkyl carbamates (subject to hydrolysis) is 1. The van der Waals surface area contributed by atoms with E-state index in [1.165, 1.54) is 0 Å². The number of ether oxygens (including phenoxy) is 2. The van der Waals surface area contributed by atoms with Crippen molar-refractivity contribution in [2.24, 2.45) is 5.41 Å². The van der Waals surface area contributed by atoms with Gasteiger partial charge in [-0.3, -0.25) is 4.79 Å². The highest BCUT2D eigenvalue weighted by Gasteiger charge is 2.38. The summed E-state index contributed by atoms with van der Waals surface area (Å²) in [6, 6.07) is 0. The molecule has 0 rings (SSSR count). The van der Waals surface area contributed by atoms with Gasteiger partial charge in [-0.2, -0.15) is 0 Å². The number of carbonyl (C=O) groups excluding carboxylic acids is 2. The first kappa shape index (κ1) is 19.7. The predicted molar refractivity (Wildman–Crippen MR) is 79.9 cm³/mol. The van der Waals surface area contributed by atoms with Crippen molar-refractivity contribution >= 4 is 12.1 Å². The fourth-order valence-corrected chi connectivity index (χ4v) is 2.03. The summed E-state index contributed by atoms with van der Waals surface area (Å²) in [4.78, 5) is 23.6. The van der Waals surface area contributed by atoms with Crippen molar-refractivity contribution in [3.8, 4) is 0 Å². The summed E-state index contributed by atoms with van der Waals surface area (Å²) >= 11 is 0. The lowest BCUT2D eigenvalue weighted by Crippen LogP contribution is -2.41. The van der Waals surface area contributed by atoms with Gasteiger partial charge in [0.05, 0.1) is 18.6 Å². The zero-order chi connectivity index (χ0) is 16.5. The molecule has 21 heavy (non-hydrogen) atoms. The highest BCUT2D eigenvalue weighted by molar-refractivity contribution is 5.77. The van der Waals surface area contributed by atoms with E-state index in [1.54, 1.807) is 27.7 Å². The van der Waals surface area contributed by atoms with Gasteiger partial charge in [0, 0.05) is 6.54 Å². The molecule has 0 aliphatic heterocycles. The molecule has 0 aromatic carbocycles. The van der Waals surface area contributed by atoms with Crippen LogP contribution in [-0.4, -0.2) is 42.5 Å². The Morgan fingerprint density at radius 2 is 1.76 bits per heavy atom. The molecular weight excluding hydrogens is 274 g/mol. The van der Waals surface area contributed by atoms with Gasteiger partial charge in [-0.25, -0.2) is 4.79 Å². The lowest BCUT2D eigenvalue weighted by atomic mass is 9.81. The number of hydrogen-bond acceptors (Lipinski definition) is 5. The average Bonchev–Trinajstić information content (AvgIpc) is 2.35. The Morgan fingerprint density at radius 3 is 2.19 bits per heavy atom. The third kappa shape index (κ3) is 7.32. The quantitative estimate of drug-likeness (QED) is 0.672. The molecule has 124 valence electrons. The lowest BCUT2D eigenvalue weighted by molar-refractivity contribution is -0.159. The van der Waals surface area contributed by atoms with E-state index in [4.69, 9.17) is 9.47 Å². The summed E-state index contributed by atoms with van der Waals surface area (Å²) in [5.41, 5.74) is -1.53. The maximum absolute atomic E-state index is 12.1. The maximum atomic E-state index is 12.1. The largest absolute Gasteiger partial charge is 0.465 e. The second-order valence-electron chi connectivity index (χ2n) is 6.09. The van der Waals surface area contributed by atoms with E-state index >= 15 is 0 Å². The Kier molecular flexibility index (Phi) is 8.32. The number of aliphatic hydroxyl groups is 1. The molecule has 0 bridgehead atoms. The minimum absolute atomic E-state index is 0.244. The zero-order valence-corrected chi connectivity index (χ0v) is 13.8.